The van der Waals surface area contributed by atoms with Gasteiger partial charge in [0.25, 0.3) is 5.69 Å². The van der Waals surface area contributed by atoms with Crippen molar-refractivity contribution in [3.05, 3.63) is 131 Å². The molecule has 0 saturated carbocycles. The zero-order valence-corrected chi connectivity index (χ0v) is 66.1. The predicted molar refractivity (Wildman–Crippen MR) is 402 cm³/mol. The molecule has 3 aromatic rings. The monoisotopic (exact) mass is 1570 g/mol. The number of sulfonamides is 1. The second-order valence-electron chi connectivity index (χ2n) is 30.6. The highest BCUT2D eigenvalue weighted by Crippen LogP contribution is 2.41. The molecule has 0 radical (unpaired) electrons. The Kier molecular flexibility index (Phi) is 34.5. The molecule has 606 valence electrons. The van der Waals surface area contributed by atoms with Crippen molar-refractivity contribution >= 4 is 48.2 Å². The standard InChI is InChI=1S/C29H40N2O8S.C14H15NO7.C13H26O2Si.C9H14O3.C7H12O3.C7H8O2/c1-20(2)18-31(40(34,35)23-11-9-22(36-3)10-12-23)19-26(32)25(17-21-7-5-4-6-8-21)30-29(33)39-27-14-16-38-28-24(27)13-15-37-28;16-14(21-10-3-1-9(2-4-10)15(17)18)22-12-6-8-20-13-11(12)5-7-19-13;1-13(2,3)16(4,5)15-12-8-6-7-11(12)9-10-14;1-7(10)12-6-5-8-3-2-4-9(8)11;8-6-2-4-10-7-5(6)1-3-9-7;8-7-4-5-2-1-3-6(5)9-7/h4-12,20,24-28,32H,13-19H2,1-3H3,(H,30,33);1-4,11-13H,5-8H2;6-7,11-12,14H,8-10H2,1-5H3;2-3,8-9,11H,4-6H2,1H3;5-8H,1-4H2;1-2,5-6H,3-4H2/t24-,25-,26+,27-,28+;11-,12-,13+;11-,12-;8-,9-;5-,6-,7+;5-,6?/m000000/s1. The first kappa shape index (κ1) is 87.8. The Morgan fingerprint density at radius 2 is 1.26 bits per heavy atom. The largest absolute Gasteiger partial charge is 0.514 e. The number of methoxy groups -OCH3 is 1. The number of aliphatic hydroxyl groups excluding tert-OH is 4. The van der Waals surface area contributed by atoms with Crippen LogP contribution >= 0.6 is 0 Å². The van der Waals surface area contributed by atoms with E-state index in [0.717, 1.165) is 70.0 Å². The lowest BCUT2D eigenvalue weighted by Gasteiger charge is -2.39. The van der Waals surface area contributed by atoms with Crippen LogP contribution in [-0.2, 0) is 77.8 Å². The number of hydrogen-bond acceptors (Lipinski definition) is 25. The van der Waals surface area contributed by atoms with Crippen molar-refractivity contribution in [2.24, 2.45) is 41.4 Å². The Hall–Kier alpha value is -6.75. The van der Waals surface area contributed by atoms with Crippen LogP contribution in [0.25, 0.3) is 0 Å². The fourth-order valence-corrected chi connectivity index (χ4v) is 17.0. The van der Waals surface area contributed by atoms with Gasteiger partial charge < -0.3 is 87.0 Å². The molecule has 7 saturated heterocycles. The van der Waals surface area contributed by atoms with Crippen molar-refractivity contribution in [1.82, 2.24) is 9.62 Å². The highest BCUT2D eigenvalue weighted by atomic mass is 32.2. The maximum atomic E-state index is 13.6. The number of nitrogens with zero attached hydrogens (tertiary/aromatic N) is 2. The number of nitro groups is 1. The van der Waals surface area contributed by atoms with Gasteiger partial charge in [0.05, 0.1) is 100 Å². The molecule has 7 heterocycles. The fraction of sp³-hybridized carbons (Fsp3) is 0.646. The zero-order chi connectivity index (χ0) is 78.8. The van der Waals surface area contributed by atoms with Gasteiger partial charge in [0.2, 0.25) is 10.0 Å². The lowest BCUT2D eigenvalue weighted by molar-refractivity contribution is -0.384. The van der Waals surface area contributed by atoms with Crippen LogP contribution in [0.3, 0.4) is 0 Å². The Labute approximate surface area is 641 Å². The number of hydrogen-bond donors (Lipinski definition) is 5. The number of nitro benzene ring substituents is 1. The zero-order valence-electron chi connectivity index (χ0n) is 64.3. The molecule has 1 amide bonds. The topological polar surface area (TPSA) is 362 Å². The van der Waals surface area contributed by atoms with Gasteiger partial charge in [-0.25, -0.2) is 18.0 Å². The molecule has 1 unspecified atom stereocenters. The minimum Gasteiger partial charge on any atom is -0.497 e. The molecule has 3 aliphatic carbocycles. The summed E-state index contributed by atoms with van der Waals surface area (Å²) in [5.74, 6) is 1.67. The molecule has 0 spiro atoms. The third-order valence-electron chi connectivity index (χ3n) is 21.1. The van der Waals surface area contributed by atoms with E-state index in [9.17, 15) is 53.0 Å². The van der Waals surface area contributed by atoms with E-state index in [1.54, 1.807) is 12.1 Å². The van der Waals surface area contributed by atoms with Crippen LogP contribution < -0.4 is 14.8 Å². The Bertz CT molecular complexity index is 3530. The molecular formula is C79H115N3O25SSi. The summed E-state index contributed by atoms with van der Waals surface area (Å²) in [7, 11) is -4.09. The average molecular weight is 1570 g/mol. The molecule has 109 heavy (non-hydrogen) atoms. The Balaban J connectivity index is 0.000000181. The molecule has 0 aromatic heterocycles. The summed E-state index contributed by atoms with van der Waals surface area (Å²) >= 11 is 0. The molecule has 7 fully saturated rings. The molecule has 28 nitrogen and oxygen atoms in total. The second-order valence-corrected chi connectivity index (χ2v) is 37.3. The number of benzene rings is 3. The number of carbonyl (C=O) groups excluding carboxylic acids is 4. The molecule has 5 N–H and O–H groups in total. The van der Waals surface area contributed by atoms with Crippen molar-refractivity contribution in [3.8, 4) is 11.5 Å². The normalized spacial score (nSPS) is 28.1. The van der Waals surface area contributed by atoms with Gasteiger partial charge >= 0.3 is 24.2 Å². The highest BCUT2D eigenvalue weighted by Gasteiger charge is 2.45. The summed E-state index contributed by atoms with van der Waals surface area (Å²) in [4.78, 5) is 56.0. The van der Waals surface area contributed by atoms with E-state index in [-0.39, 0.29) is 138 Å². The summed E-state index contributed by atoms with van der Waals surface area (Å²) < 4.78 is 98.6. The third kappa shape index (κ3) is 27.0. The first-order valence-electron chi connectivity index (χ1n) is 38.2. The number of non-ortho nitro benzene ring substituents is 1. The van der Waals surface area contributed by atoms with Crippen molar-refractivity contribution in [2.45, 2.75) is 216 Å². The second kappa shape index (κ2) is 42.8. The van der Waals surface area contributed by atoms with Crippen LogP contribution in [0.2, 0.25) is 18.1 Å². The number of esters is 2. The molecule has 13 rings (SSSR count). The lowest BCUT2D eigenvalue weighted by Crippen LogP contribution is -2.52. The summed E-state index contributed by atoms with van der Waals surface area (Å²) in [6.07, 6.45) is 17.9. The summed E-state index contributed by atoms with van der Waals surface area (Å²) in [6.45, 7) is 20.7. The highest BCUT2D eigenvalue weighted by molar-refractivity contribution is 7.89. The number of amides is 1. The van der Waals surface area contributed by atoms with E-state index in [4.69, 9.17) is 66.4 Å². The van der Waals surface area contributed by atoms with Crippen LogP contribution in [0.1, 0.15) is 124 Å². The van der Waals surface area contributed by atoms with Gasteiger partial charge in [0, 0.05) is 93.5 Å². The van der Waals surface area contributed by atoms with Crippen molar-refractivity contribution in [1.29, 1.82) is 0 Å². The van der Waals surface area contributed by atoms with Crippen LogP contribution in [0.15, 0.2) is 120 Å². The van der Waals surface area contributed by atoms with E-state index in [0.29, 0.717) is 82.6 Å². The van der Waals surface area contributed by atoms with Crippen LogP contribution in [0.4, 0.5) is 15.3 Å². The first-order valence-corrected chi connectivity index (χ1v) is 42.5. The molecular weight excluding hydrogens is 1450 g/mol. The van der Waals surface area contributed by atoms with Crippen LogP contribution in [0, 0.1) is 51.5 Å². The average Bonchev–Trinajstić information content (AvgIpc) is 1.63. The van der Waals surface area contributed by atoms with Crippen LogP contribution in [-0.4, -0.2) is 211 Å². The predicted octanol–water partition coefficient (Wildman–Crippen LogP) is 10.7. The van der Waals surface area contributed by atoms with Crippen molar-refractivity contribution in [2.75, 3.05) is 73.1 Å². The van der Waals surface area contributed by atoms with Crippen molar-refractivity contribution < 1.29 is 114 Å². The Morgan fingerprint density at radius 1 is 0.697 bits per heavy atom. The Morgan fingerprint density at radius 3 is 1.81 bits per heavy atom. The number of fused-ring (bicyclic) bond motifs is 4. The van der Waals surface area contributed by atoms with E-state index >= 15 is 0 Å². The van der Waals surface area contributed by atoms with Gasteiger partial charge in [-0.05, 0) is 124 Å². The molecule has 10 aliphatic rings. The van der Waals surface area contributed by atoms with Gasteiger partial charge in [-0.1, -0.05) is 101 Å². The molecule has 7 aliphatic heterocycles. The maximum Gasteiger partial charge on any atom is 0.514 e. The lowest BCUT2D eigenvalue weighted by atomic mass is 9.95. The quantitative estimate of drug-likeness (QED) is 0.0119. The minimum absolute atomic E-state index is 0.000757. The molecule has 3 aromatic carbocycles. The van der Waals surface area contributed by atoms with Crippen molar-refractivity contribution in [3.63, 3.8) is 0 Å². The number of carbonyl (C=O) groups is 4. The van der Waals surface area contributed by atoms with E-state index in [2.05, 4.69) is 63.5 Å². The number of alkyl carbamates (subject to hydrolysis) is 1. The van der Waals surface area contributed by atoms with Crippen LogP contribution in [0.5, 0.6) is 11.5 Å². The molecule has 30 heteroatoms. The molecule has 17 atom stereocenters. The van der Waals surface area contributed by atoms with Gasteiger partial charge in [0.1, 0.15) is 29.8 Å². The summed E-state index contributed by atoms with van der Waals surface area (Å²) in [6, 6.07) is 20.0. The van der Waals surface area contributed by atoms with E-state index in [1.807, 2.05) is 56.3 Å². The smallest absolute Gasteiger partial charge is 0.497 e. The number of ether oxygens (including phenoxy) is 12. The van der Waals surface area contributed by atoms with Gasteiger partial charge in [-0.2, -0.15) is 4.31 Å². The summed E-state index contributed by atoms with van der Waals surface area (Å²) in [5.41, 5.74) is 0.812. The van der Waals surface area contributed by atoms with Gasteiger partial charge in [-0.15, -0.1) is 0 Å². The first-order chi connectivity index (χ1) is 52.0. The van der Waals surface area contributed by atoms with Gasteiger partial charge in [0.15, 0.2) is 27.2 Å². The minimum atomic E-state index is -3.94. The molecule has 0 bridgehead atoms. The maximum absolute atomic E-state index is 13.6. The van der Waals surface area contributed by atoms with Gasteiger partial charge in [-0.3, -0.25) is 19.7 Å². The summed E-state index contributed by atoms with van der Waals surface area (Å²) in [5, 5.41) is 52.9. The third-order valence-corrected chi connectivity index (χ3v) is 27.5. The number of aliphatic hydroxyl groups is 4. The van der Waals surface area contributed by atoms with E-state index < -0.39 is 47.7 Å². The number of nitrogens with one attached hydrogen (secondary N) is 1. The fourth-order valence-electron chi connectivity index (χ4n) is 14.0. The van der Waals surface area contributed by atoms with E-state index in [1.165, 1.54) is 54.7 Å². The SMILES string of the molecule is CC(=O)OCC[C@@H]1C=CC[C@@H]1O.CC(C)(C)[Si](C)(C)O[C@H]1CC=C[C@H]1CCO.COc1ccc(S(=O)(=O)N(CC(C)C)C[C@@H](O)[C@H](Cc2ccccc2)NC(=O)O[C@H]2CCO[C@H]3OCC[C@H]32)cc1.O=C(Oc1ccc([N+](=O)[O-])cc1)O[C@H]1CCO[C@H]2OCC[C@H]21.O=C1C[C@@H]2C=CCC2O1.O[C@H]1CCO[C@H]2OCC[C@H]21. The number of rotatable bonds is 22.